The van der Waals surface area contributed by atoms with Gasteiger partial charge >= 0.3 is 5.97 Å². The number of imide groups is 1. The van der Waals surface area contributed by atoms with Gasteiger partial charge in [0, 0.05) is 31.4 Å². The van der Waals surface area contributed by atoms with E-state index in [2.05, 4.69) is 5.32 Å². The van der Waals surface area contributed by atoms with E-state index in [9.17, 15) is 24.0 Å². The molecule has 0 radical (unpaired) electrons. The van der Waals surface area contributed by atoms with Crippen molar-refractivity contribution in [2.45, 2.75) is 12.8 Å². The maximum atomic E-state index is 12.2. The summed E-state index contributed by atoms with van der Waals surface area (Å²) in [7, 11) is 1.39. The molecule has 0 atom stereocenters. The first kappa shape index (κ1) is 20.3. The average molecular weight is 421 g/mol. The predicted molar refractivity (Wildman–Crippen MR) is 110 cm³/mol. The molecule has 0 bridgehead atoms. The van der Waals surface area contributed by atoms with Gasteiger partial charge in [0.15, 0.2) is 6.61 Å². The Bertz CT molecular complexity index is 1110. The fraction of sp³-hybridized carbons (Fsp3) is 0.227. The normalized spacial score (nSPS) is 15.3. The summed E-state index contributed by atoms with van der Waals surface area (Å²) in [6, 6.07) is 10.8. The minimum atomic E-state index is -0.675. The van der Waals surface area contributed by atoms with Crippen molar-refractivity contribution < 1.29 is 28.7 Å². The quantitative estimate of drug-likeness (QED) is 0.582. The molecule has 4 rings (SSSR count). The van der Waals surface area contributed by atoms with E-state index >= 15 is 0 Å². The Hall–Kier alpha value is -4.01. The van der Waals surface area contributed by atoms with Crippen LogP contribution in [0.15, 0.2) is 42.5 Å². The molecule has 4 amide bonds. The Balaban J connectivity index is 1.33. The van der Waals surface area contributed by atoms with E-state index < -0.39 is 30.3 Å². The first-order valence-electron chi connectivity index (χ1n) is 9.69. The number of nitrogens with one attached hydrogen (secondary N) is 1. The van der Waals surface area contributed by atoms with Crippen molar-refractivity contribution in [2.24, 2.45) is 0 Å². The predicted octanol–water partition coefficient (Wildman–Crippen LogP) is 1.83. The van der Waals surface area contributed by atoms with Crippen molar-refractivity contribution in [3.63, 3.8) is 0 Å². The zero-order valence-corrected chi connectivity index (χ0v) is 16.7. The number of amides is 4. The van der Waals surface area contributed by atoms with Gasteiger partial charge in [-0.1, -0.05) is 0 Å². The number of esters is 1. The number of anilines is 2. The van der Waals surface area contributed by atoms with Gasteiger partial charge in [0.25, 0.3) is 17.7 Å². The van der Waals surface area contributed by atoms with Crippen molar-refractivity contribution in [3.05, 3.63) is 59.2 Å². The number of fused-ring (bicyclic) bond motifs is 1. The van der Waals surface area contributed by atoms with Crippen LogP contribution in [0.4, 0.5) is 11.4 Å². The van der Waals surface area contributed by atoms with Crippen LogP contribution in [0.2, 0.25) is 0 Å². The molecule has 158 valence electrons. The number of hydrogen-bond donors (Lipinski definition) is 1. The number of rotatable bonds is 5. The van der Waals surface area contributed by atoms with E-state index in [0.717, 1.165) is 11.3 Å². The Morgan fingerprint density at radius 2 is 1.71 bits per heavy atom. The molecule has 0 spiro atoms. The summed E-state index contributed by atoms with van der Waals surface area (Å²) in [5.74, 6) is -2.05. The van der Waals surface area contributed by atoms with Gasteiger partial charge in [-0.15, -0.1) is 0 Å². The molecule has 2 aliphatic heterocycles. The van der Waals surface area contributed by atoms with Crippen molar-refractivity contribution >= 4 is 41.0 Å². The van der Waals surface area contributed by atoms with E-state index in [-0.39, 0.29) is 22.6 Å². The van der Waals surface area contributed by atoms with Crippen molar-refractivity contribution in [3.8, 4) is 0 Å². The van der Waals surface area contributed by atoms with Crippen LogP contribution >= 0.6 is 0 Å². The number of carbonyl (C=O) groups excluding carboxylic acids is 5. The fourth-order valence-corrected chi connectivity index (χ4v) is 3.55. The summed E-state index contributed by atoms with van der Waals surface area (Å²) in [5, 5.41) is 2.54. The van der Waals surface area contributed by atoms with Crippen LogP contribution in [0.5, 0.6) is 0 Å². The number of ether oxygens (including phenoxy) is 1. The van der Waals surface area contributed by atoms with E-state index in [1.165, 1.54) is 25.2 Å². The molecule has 0 unspecified atom stereocenters. The third-order valence-electron chi connectivity index (χ3n) is 5.20. The molecule has 2 aromatic carbocycles. The van der Waals surface area contributed by atoms with E-state index in [1.807, 2.05) is 0 Å². The monoisotopic (exact) mass is 421 g/mol. The second-order valence-electron chi connectivity index (χ2n) is 7.25. The van der Waals surface area contributed by atoms with Crippen molar-refractivity contribution in [1.29, 1.82) is 0 Å². The third-order valence-corrected chi connectivity index (χ3v) is 5.20. The van der Waals surface area contributed by atoms with Crippen molar-refractivity contribution in [2.75, 3.05) is 30.4 Å². The van der Waals surface area contributed by atoms with Gasteiger partial charge in [-0.3, -0.25) is 24.1 Å². The average Bonchev–Trinajstić information content (AvgIpc) is 3.29. The van der Waals surface area contributed by atoms with Crippen LogP contribution in [0.3, 0.4) is 0 Å². The molecule has 9 heteroatoms. The highest BCUT2D eigenvalue weighted by Gasteiger charge is 2.32. The summed E-state index contributed by atoms with van der Waals surface area (Å²) in [6.45, 7) is 0.136. The van der Waals surface area contributed by atoms with Gasteiger partial charge < -0.3 is 15.0 Å². The Morgan fingerprint density at radius 3 is 2.39 bits per heavy atom. The smallest absolute Gasteiger partial charge is 0.338 e. The lowest BCUT2D eigenvalue weighted by Crippen LogP contribution is -2.24. The minimum Gasteiger partial charge on any atom is -0.452 e. The van der Waals surface area contributed by atoms with Crippen LogP contribution in [0.25, 0.3) is 0 Å². The largest absolute Gasteiger partial charge is 0.452 e. The molecule has 1 fully saturated rings. The zero-order chi connectivity index (χ0) is 22.1. The summed E-state index contributed by atoms with van der Waals surface area (Å²) in [6.07, 6.45) is 1.33. The second kappa shape index (κ2) is 8.02. The molecular weight excluding hydrogens is 402 g/mol. The number of nitrogens with zero attached hydrogens (tertiary/aromatic N) is 2. The second-order valence-corrected chi connectivity index (χ2v) is 7.25. The highest BCUT2D eigenvalue weighted by atomic mass is 16.5. The Kier molecular flexibility index (Phi) is 5.24. The number of benzene rings is 2. The van der Waals surface area contributed by atoms with Gasteiger partial charge in [-0.05, 0) is 48.9 Å². The molecule has 1 saturated heterocycles. The first-order chi connectivity index (χ1) is 14.8. The fourth-order valence-electron chi connectivity index (χ4n) is 3.55. The molecule has 0 aliphatic carbocycles. The lowest BCUT2D eigenvalue weighted by molar-refractivity contribution is -0.119. The van der Waals surface area contributed by atoms with Gasteiger partial charge in [-0.25, -0.2) is 4.79 Å². The lowest BCUT2D eigenvalue weighted by Gasteiger charge is -2.15. The van der Waals surface area contributed by atoms with E-state index in [0.29, 0.717) is 24.3 Å². The van der Waals surface area contributed by atoms with Gasteiger partial charge in [0.05, 0.1) is 16.7 Å². The van der Waals surface area contributed by atoms with E-state index in [1.54, 1.807) is 29.2 Å². The van der Waals surface area contributed by atoms with Gasteiger partial charge in [0.2, 0.25) is 5.91 Å². The van der Waals surface area contributed by atoms with Crippen LogP contribution in [-0.4, -0.2) is 54.7 Å². The van der Waals surface area contributed by atoms with Crippen LogP contribution in [0, 0.1) is 0 Å². The third kappa shape index (κ3) is 3.89. The molecule has 2 aliphatic rings. The summed E-state index contributed by atoms with van der Waals surface area (Å²) < 4.78 is 5.04. The molecular formula is C22H19N3O6. The van der Waals surface area contributed by atoms with Gasteiger partial charge in [0.1, 0.15) is 0 Å². The molecule has 0 saturated carbocycles. The zero-order valence-electron chi connectivity index (χ0n) is 16.7. The SMILES string of the molecule is CN1C(=O)c2ccc(NC(=O)COC(=O)c3ccc(N4CCCC4=O)cc3)cc2C1=O. The Morgan fingerprint density at radius 1 is 1.00 bits per heavy atom. The van der Waals surface area contributed by atoms with Crippen LogP contribution < -0.4 is 10.2 Å². The topological polar surface area (TPSA) is 113 Å². The number of hydrogen-bond acceptors (Lipinski definition) is 6. The Labute approximate surface area is 177 Å². The molecule has 9 nitrogen and oxygen atoms in total. The summed E-state index contributed by atoms with van der Waals surface area (Å²) in [5.41, 5.74) is 1.77. The minimum absolute atomic E-state index is 0.0521. The van der Waals surface area contributed by atoms with Gasteiger partial charge in [-0.2, -0.15) is 0 Å². The number of carbonyl (C=O) groups is 5. The molecule has 1 N–H and O–H groups in total. The molecule has 0 aromatic heterocycles. The van der Waals surface area contributed by atoms with Crippen LogP contribution in [-0.2, 0) is 14.3 Å². The highest BCUT2D eigenvalue weighted by Crippen LogP contribution is 2.25. The molecule has 31 heavy (non-hydrogen) atoms. The van der Waals surface area contributed by atoms with E-state index in [4.69, 9.17) is 4.74 Å². The standard InChI is InChI=1S/C22H19N3O6/c1-24-20(28)16-9-6-14(11-17(16)21(24)29)23-18(26)12-31-22(30)13-4-7-15(8-5-13)25-10-2-3-19(25)27/h4-9,11H,2-3,10,12H2,1H3,(H,23,26). The maximum absolute atomic E-state index is 12.2. The molecule has 2 heterocycles. The lowest BCUT2D eigenvalue weighted by atomic mass is 10.1. The highest BCUT2D eigenvalue weighted by molar-refractivity contribution is 6.21. The molecule has 2 aromatic rings. The van der Waals surface area contributed by atoms with Crippen molar-refractivity contribution in [1.82, 2.24) is 4.90 Å². The maximum Gasteiger partial charge on any atom is 0.338 e. The first-order valence-corrected chi connectivity index (χ1v) is 9.69. The van der Waals surface area contributed by atoms with Crippen LogP contribution in [0.1, 0.15) is 43.9 Å². The summed E-state index contributed by atoms with van der Waals surface area (Å²) >= 11 is 0. The summed E-state index contributed by atoms with van der Waals surface area (Å²) in [4.78, 5) is 62.7.